The fourth-order valence-electron chi connectivity index (χ4n) is 5.36. The van der Waals surface area contributed by atoms with Crippen molar-refractivity contribution < 1.29 is 46.8 Å². The summed E-state index contributed by atoms with van der Waals surface area (Å²) in [6, 6.07) is 10.4. The molecule has 230 valence electrons. The van der Waals surface area contributed by atoms with Gasteiger partial charge in [0.2, 0.25) is 11.5 Å². The highest BCUT2D eigenvalue weighted by Gasteiger charge is 2.55. The van der Waals surface area contributed by atoms with E-state index in [4.69, 9.17) is 41.7 Å². The van der Waals surface area contributed by atoms with Crippen LogP contribution in [0.2, 0.25) is 0 Å². The number of aliphatic hydroxyl groups excluding tert-OH is 1. The molecule has 1 spiro atoms. The van der Waals surface area contributed by atoms with Crippen LogP contribution >= 0.6 is 0 Å². The number of furan rings is 2. The van der Waals surface area contributed by atoms with E-state index in [9.17, 15) is 9.90 Å². The lowest BCUT2D eigenvalue weighted by Gasteiger charge is -2.32. The van der Waals surface area contributed by atoms with Crippen molar-refractivity contribution in [2.75, 3.05) is 20.3 Å². The molecular weight excluding hydrogens is 572 g/mol. The van der Waals surface area contributed by atoms with E-state index in [1.54, 1.807) is 38.5 Å². The predicted octanol–water partition coefficient (Wildman–Crippen LogP) is 5.78. The molecule has 2 aromatic carbocycles. The van der Waals surface area contributed by atoms with Gasteiger partial charge in [-0.3, -0.25) is 0 Å². The molecule has 1 N–H and O–H groups in total. The van der Waals surface area contributed by atoms with Crippen LogP contribution in [0.5, 0.6) is 17.2 Å². The summed E-state index contributed by atoms with van der Waals surface area (Å²) < 4.78 is 54.0. The van der Waals surface area contributed by atoms with Gasteiger partial charge in [0.1, 0.15) is 25.4 Å². The zero-order chi connectivity index (χ0) is 30.9. The number of hydrogen-bond acceptors (Lipinski definition) is 11. The predicted molar refractivity (Wildman–Crippen MR) is 159 cm³/mol. The van der Waals surface area contributed by atoms with Gasteiger partial charge in [0.15, 0.2) is 22.5 Å². The minimum atomic E-state index is -1.61. The molecule has 2 aliphatic rings. The Hall–Kier alpha value is -4.29. The van der Waals surface area contributed by atoms with Crippen LogP contribution < -0.4 is 19.8 Å². The molecule has 11 heteroatoms. The summed E-state index contributed by atoms with van der Waals surface area (Å²) in [5, 5.41) is 13.0. The largest absolute Gasteiger partial charge is 0.483 e. The third-order valence-electron chi connectivity index (χ3n) is 8.26. The van der Waals surface area contributed by atoms with Crippen LogP contribution in [0.3, 0.4) is 0 Å². The van der Waals surface area contributed by atoms with Crippen LogP contribution in [-0.2, 0) is 14.2 Å². The molecule has 0 saturated carbocycles. The molecule has 5 aromatic rings. The van der Waals surface area contributed by atoms with E-state index in [2.05, 4.69) is 0 Å². The molecular formula is C33H32O11. The van der Waals surface area contributed by atoms with E-state index >= 15 is 0 Å². The molecule has 1 fully saturated rings. The van der Waals surface area contributed by atoms with Gasteiger partial charge in [0.05, 0.1) is 23.7 Å². The summed E-state index contributed by atoms with van der Waals surface area (Å²) in [5.41, 5.74) is -0.341. The van der Waals surface area contributed by atoms with Crippen LogP contribution in [0.15, 0.2) is 73.0 Å². The topological polar surface area (TPSA) is 132 Å². The van der Waals surface area contributed by atoms with Crippen molar-refractivity contribution in [2.45, 2.75) is 57.1 Å². The maximum absolute atomic E-state index is 12.1. The van der Waals surface area contributed by atoms with E-state index in [-0.39, 0.29) is 18.8 Å². The lowest BCUT2D eigenvalue weighted by atomic mass is 10.0. The molecule has 3 aromatic heterocycles. The first-order valence-electron chi connectivity index (χ1n) is 14.2. The third kappa shape index (κ3) is 4.72. The van der Waals surface area contributed by atoms with E-state index in [1.807, 2.05) is 44.2 Å². The van der Waals surface area contributed by atoms with Gasteiger partial charge in [0, 0.05) is 41.0 Å². The van der Waals surface area contributed by atoms with Crippen molar-refractivity contribution in [2.24, 2.45) is 0 Å². The van der Waals surface area contributed by atoms with E-state index in [0.29, 0.717) is 33.8 Å². The summed E-state index contributed by atoms with van der Waals surface area (Å²) in [5.74, 6) is -0.686. The fourth-order valence-corrected chi connectivity index (χ4v) is 5.36. The normalized spacial score (nSPS) is 21.6. The molecule has 2 aliphatic heterocycles. The molecule has 0 aliphatic carbocycles. The monoisotopic (exact) mass is 604 g/mol. The van der Waals surface area contributed by atoms with Gasteiger partial charge < -0.3 is 46.8 Å². The van der Waals surface area contributed by atoms with Gasteiger partial charge in [-0.1, -0.05) is 0 Å². The Labute approximate surface area is 251 Å². The first-order valence-corrected chi connectivity index (χ1v) is 14.2. The maximum atomic E-state index is 12.1. The Morgan fingerprint density at radius 1 is 0.955 bits per heavy atom. The van der Waals surface area contributed by atoms with Gasteiger partial charge in [-0.25, -0.2) is 4.79 Å². The number of hydrogen-bond donors (Lipinski definition) is 1. The standard InChI is InChI=1S/C33H32O11/c1-31(2,36-5)22(34)16-39-30-26-21(10-13-38-26)15-19-8-11-33(43-28(19)30)42-23(32(3,4)44-33)17-40-29-25-20(9-12-37-25)14-18-6-7-24(35)41-27(18)29/h6-15,22-23,34H,16-17H2,1-5H3. The van der Waals surface area contributed by atoms with Gasteiger partial charge in [-0.2, -0.15) is 0 Å². The number of methoxy groups -OCH3 is 1. The quantitative estimate of drug-likeness (QED) is 0.216. The smallest absolute Gasteiger partial charge is 0.350 e. The summed E-state index contributed by atoms with van der Waals surface area (Å²) in [4.78, 5) is 12.1. The highest BCUT2D eigenvalue weighted by atomic mass is 16.9. The molecule has 0 amide bonds. The van der Waals surface area contributed by atoms with Crippen molar-refractivity contribution >= 4 is 39.0 Å². The number of fused-ring (bicyclic) bond motifs is 4. The summed E-state index contributed by atoms with van der Waals surface area (Å²) in [6.07, 6.45) is 5.05. The van der Waals surface area contributed by atoms with E-state index in [1.165, 1.54) is 13.2 Å². The first-order chi connectivity index (χ1) is 21.0. The van der Waals surface area contributed by atoms with Crippen molar-refractivity contribution in [3.63, 3.8) is 0 Å². The Morgan fingerprint density at radius 3 is 2.41 bits per heavy atom. The lowest BCUT2D eigenvalue weighted by molar-refractivity contribution is -0.271. The van der Waals surface area contributed by atoms with Crippen LogP contribution in [0.4, 0.5) is 0 Å². The zero-order valence-corrected chi connectivity index (χ0v) is 24.9. The van der Waals surface area contributed by atoms with Crippen LogP contribution in [0.25, 0.3) is 39.0 Å². The molecule has 0 bridgehead atoms. The minimum absolute atomic E-state index is 0.0190. The summed E-state index contributed by atoms with van der Waals surface area (Å²) >= 11 is 0. The SMILES string of the molecule is COC(C)(C)C(O)COc1c2c(cc3ccoc13)C=CC1(O2)OC(COc2c3occc3cc3ccc(=O)oc23)C(C)(C)O1. The number of aliphatic hydroxyl groups is 1. The highest BCUT2D eigenvalue weighted by molar-refractivity contribution is 6.00. The molecule has 3 unspecified atom stereocenters. The third-order valence-corrected chi connectivity index (χ3v) is 8.26. The zero-order valence-electron chi connectivity index (χ0n) is 24.9. The average Bonchev–Trinajstić information content (AvgIpc) is 3.71. The molecule has 0 radical (unpaired) electrons. The van der Waals surface area contributed by atoms with E-state index < -0.39 is 35.0 Å². The van der Waals surface area contributed by atoms with Crippen LogP contribution in [-0.4, -0.2) is 54.8 Å². The molecule has 7 rings (SSSR count). The molecule has 44 heavy (non-hydrogen) atoms. The Morgan fingerprint density at radius 2 is 1.66 bits per heavy atom. The van der Waals surface area contributed by atoms with Crippen molar-refractivity contribution in [1.29, 1.82) is 0 Å². The molecule has 1 saturated heterocycles. The number of benzene rings is 2. The van der Waals surface area contributed by atoms with Crippen LogP contribution in [0.1, 0.15) is 33.3 Å². The average molecular weight is 605 g/mol. The Balaban J connectivity index is 1.18. The van der Waals surface area contributed by atoms with Crippen molar-refractivity contribution in [3.8, 4) is 17.2 Å². The van der Waals surface area contributed by atoms with E-state index in [0.717, 1.165) is 16.3 Å². The second-order valence-electron chi connectivity index (χ2n) is 12.0. The first kappa shape index (κ1) is 28.5. The van der Waals surface area contributed by atoms with Gasteiger partial charge >= 0.3 is 11.6 Å². The maximum Gasteiger partial charge on any atom is 0.350 e. The number of ether oxygens (including phenoxy) is 6. The van der Waals surface area contributed by atoms with Crippen LogP contribution in [0, 0.1) is 0 Å². The molecule has 11 nitrogen and oxygen atoms in total. The van der Waals surface area contributed by atoms with Gasteiger partial charge in [-0.05, 0) is 64.1 Å². The minimum Gasteiger partial charge on any atom is -0.483 e. The lowest BCUT2D eigenvalue weighted by Crippen LogP contribution is -2.42. The summed E-state index contributed by atoms with van der Waals surface area (Å²) in [7, 11) is 1.53. The van der Waals surface area contributed by atoms with Crippen molar-refractivity contribution in [1.82, 2.24) is 0 Å². The Kier molecular flexibility index (Phi) is 6.56. The van der Waals surface area contributed by atoms with Gasteiger partial charge in [-0.15, -0.1) is 0 Å². The highest BCUT2D eigenvalue weighted by Crippen LogP contribution is 2.49. The fraction of sp³-hybridized carbons (Fsp3) is 0.364. The molecule has 3 atom stereocenters. The van der Waals surface area contributed by atoms with Crippen molar-refractivity contribution in [3.05, 3.63) is 71.0 Å². The Bertz CT molecular complexity index is 1960. The second-order valence-corrected chi connectivity index (χ2v) is 12.0. The summed E-state index contributed by atoms with van der Waals surface area (Å²) in [6.45, 7) is 7.20. The number of rotatable bonds is 8. The van der Waals surface area contributed by atoms with Gasteiger partial charge in [0.25, 0.3) is 0 Å². The second kappa shape index (κ2) is 10.1. The molecule has 5 heterocycles.